The summed E-state index contributed by atoms with van der Waals surface area (Å²) < 4.78 is 5.64. The highest BCUT2D eigenvalue weighted by Crippen LogP contribution is 2.29. The van der Waals surface area contributed by atoms with Crippen LogP contribution >= 0.6 is 0 Å². The third-order valence-corrected chi connectivity index (χ3v) is 3.04. The van der Waals surface area contributed by atoms with Gasteiger partial charge in [-0.25, -0.2) is 0 Å². The molecule has 0 fully saturated rings. The molecule has 0 amide bonds. The fourth-order valence-corrected chi connectivity index (χ4v) is 2.13. The maximum absolute atomic E-state index is 9.92. The molecule has 2 heteroatoms. The highest BCUT2D eigenvalue weighted by molar-refractivity contribution is 5.35. The van der Waals surface area contributed by atoms with E-state index in [2.05, 4.69) is 13.0 Å². The number of hydrogen-bond acceptors (Lipinski definition) is 2. The van der Waals surface area contributed by atoms with E-state index in [9.17, 15) is 5.11 Å². The Kier molecular flexibility index (Phi) is 3.27. The molecule has 1 aromatic carbocycles. The number of benzene rings is 1. The molecule has 0 saturated heterocycles. The van der Waals surface area contributed by atoms with E-state index in [1.54, 1.807) is 0 Å². The van der Waals surface area contributed by atoms with E-state index in [-0.39, 0.29) is 12.0 Å². The van der Waals surface area contributed by atoms with Gasteiger partial charge in [0.1, 0.15) is 5.75 Å². The minimum atomic E-state index is -0.219. The lowest BCUT2D eigenvalue weighted by Gasteiger charge is -2.28. The highest BCUT2D eigenvalue weighted by atomic mass is 16.5. The first kappa shape index (κ1) is 10.5. The number of rotatable bonds is 3. The maximum atomic E-state index is 9.92. The van der Waals surface area contributed by atoms with E-state index < -0.39 is 0 Å². The predicted octanol–water partition coefficient (Wildman–Crippen LogP) is 2.40. The summed E-state index contributed by atoms with van der Waals surface area (Å²) in [6.45, 7) is 2.75. The van der Waals surface area contributed by atoms with Crippen molar-refractivity contribution in [2.24, 2.45) is 5.92 Å². The quantitative estimate of drug-likeness (QED) is 0.823. The second-order valence-corrected chi connectivity index (χ2v) is 4.24. The Hall–Kier alpha value is -1.02. The Morgan fingerprint density at radius 1 is 1.47 bits per heavy atom. The Bertz CT molecular complexity index is 322. The summed E-state index contributed by atoms with van der Waals surface area (Å²) in [6, 6.07) is 8.09. The van der Waals surface area contributed by atoms with E-state index >= 15 is 0 Å². The van der Waals surface area contributed by atoms with E-state index in [0.717, 1.165) is 25.0 Å². The second kappa shape index (κ2) is 4.67. The highest BCUT2D eigenvalue weighted by Gasteiger charge is 2.25. The van der Waals surface area contributed by atoms with Gasteiger partial charge in [0.15, 0.2) is 0 Å². The lowest BCUT2D eigenvalue weighted by atomic mass is 9.90. The van der Waals surface area contributed by atoms with Crippen molar-refractivity contribution in [1.29, 1.82) is 0 Å². The van der Waals surface area contributed by atoms with Crippen LogP contribution in [-0.4, -0.2) is 17.8 Å². The summed E-state index contributed by atoms with van der Waals surface area (Å²) in [4.78, 5) is 0. The molecule has 0 aromatic heterocycles. The zero-order chi connectivity index (χ0) is 10.7. The fourth-order valence-electron chi connectivity index (χ4n) is 2.13. The summed E-state index contributed by atoms with van der Waals surface area (Å²) in [7, 11) is 0. The van der Waals surface area contributed by atoms with Crippen LogP contribution in [0.15, 0.2) is 24.3 Å². The molecule has 2 nitrogen and oxygen atoms in total. The molecule has 1 aromatic rings. The fraction of sp³-hybridized carbons (Fsp3) is 0.538. The van der Waals surface area contributed by atoms with Gasteiger partial charge in [-0.05, 0) is 24.5 Å². The van der Waals surface area contributed by atoms with Crippen LogP contribution in [0.25, 0.3) is 0 Å². The molecule has 82 valence electrons. The van der Waals surface area contributed by atoms with Crippen molar-refractivity contribution >= 4 is 0 Å². The Morgan fingerprint density at radius 3 is 3.07 bits per heavy atom. The molecule has 1 heterocycles. The van der Waals surface area contributed by atoms with Gasteiger partial charge >= 0.3 is 0 Å². The maximum Gasteiger partial charge on any atom is 0.122 e. The second-order valence-electron chi connectivity index (χ2n) is 4.24. The lowest BCUT2D eigenvalue weighted by molar-refractivity contribution is 0.0582. The molecule has 0 saturated carbocycles. The van der Waals surface area contributed by atoms with E-state index in [1.807, 2.05) is 18.2 Å². The van der Waals surface area contributed by atoms with Gasteiger partial charge in [0, 0.05) is 5.92 Å². The molecule has 1 aliphatic rings. The molecule has 1 N–H and O–H groups in total. The van der Waals surface area contributed by atoms with Crippen LogP contribution in [0, 0.1) is 5.92 Å². The first-order valence-corrected chi connectivity index (χ1v) is 5.70. The molecule has 2 atom stereocenters. The Balaban J connectivity index is 2.05. The van der Waals surface area contributed by atoms with E-state index in [4.69, 9.17) is 4.74 Å². The first-order chi connectivity index (χ1) is 7.31. The van der Waals surface area contributed by atoms with Crippen LogP contribution in [0.2, 0.25) is 0 Å². The number of hydrogen-bond donors (Lipinski definition) is 1. The van der Waals surface area contributed by atoms with Crippen molar-refractivity contribution in [2.75, 3.05) is 6.61 Å². The van der Waals surface area contributed by atoms with Crippen molar-refractivity contribution in [3.8, 4) is 5.75 Å². The minimum absolute atomic E-state index is 0.219. The van der Waals surface area contributed by atoms with Crippen molar-refractivity contribution in [2.45, 2.75) is 32.3 Å². The number of ether oxygens (including phenoxy) is 1. The zero-order valence-electron chi connectivity index (χ0n) is 9.15. The van der Waals surface area contributed by atoms with Gasteiger partial charge in [-0.2, -0.15) is 0 Å². The monoisotopic (exact) mass is 206 g/mol. The van der Waals surface area contributed by atoms with Crippen LogP contribution < -0.4 is 4.74 Å². The van der Waals surface area contributed by atoms with Crippen molar-refractivity contribution in [3.05, 3.63) is 29.8 Å². The molecule has 0 aliphatic carbocycles. The molecule has 1 unspecified atom stereocenters. The van der Waals surface area contributed by atoms with Crippen LogP contribution in [0.1, 0.15) is 25.3 Å². The average Bonchev–Trinajstić information content (AvgIpc) is 2.29. The van der Waals surface area contributed by atoms with Gasteiger partial charge in [0.2, 0.25) is 0 Å². The molecular formula is C13H18O2. The van der Waals surface area contributed by atoms with Gasteiger partial charge in [0.05, 0.1) is 12.7 Å². The van der Waals surface area contributed by atoms with Crippen LogP contribution in [0.3, 0.4) is 0 Å². The molecule has 2 rings (SSSR count). The SMILES string of the molecule is CCC[C@@H](O)C1COc2ccccc2C1. The molecule has 15 heavy (non-hydrogen) atoms. The van der Waals surface area contributed by atoms with Crippen LogP contribution in [-0.2, 0) is 6.42 Å². The normalized spacial score (nSPS) is 21.6. The standard InChI is InChI=1S/C13H18O2/c1-2-5-12(14)11-8-10-6-3-4-7-13(10)15-9-11/h3-4,6-7,11-12,14H,2,5,8-9H2,1H3/t11?,12-/m1/s1. The summed E-state index contributed by atoms with van der Waals surface area (Å²) in [6.07, 6.45) is 2.62. The Labute approximate surface area is 90.9 Å². The minimum Gasteiger partial charge on any atom is -0.493 e. The van der Waals surface area contributed by atoms with E-state index in [1.165, 1.54) is 5.56 Å². The van der Waals surface area contributed by atoms with E-state index in [0.29, 0.717) is 6.61 Å². The third-order valence-electron chi connectivity index (χ3n) is 3.04. The predicted molar refractivity (Wildman–Crippen MR) is 60.0 cm³/mol. The van der Waals surface area contributed by atoms with Crippen molar-refractivity contribution in [1.82, 2.24) is 0 Å². The zero-order valence-corrected chi connectivity index (χ0v) is 9.15. The topological polar surface area (TPSA) is 29.5 Å². The average molecular weight is 206 g/mol. The lowest BCUT2D eigenvalue weighted by Crippen LogP contribution is -2.31. The van der Waals surface area contributed by atoms with Crippen LogP contribution in [0.5, 0.6) is 5.75 Å². The molecule has 1 aliphatic heterocycles. The van der Waals surface area contributed by atoms with Crippen LogP contribution in [0.4, 0.5) is 0 Å². The third kappa shape index (κ3) is 2.32. The van der Waals surface area contributed by atoms with Gasteiger partial charge < -0.3 is 9.84 Å². The number of aliphatic hydroxyl groups is 1. The van der Waals surface area contributed by atoms with Gasteiger partial charge in [0.25, 0.3) is 0 Å². The number of para-hydroxylation sites is 1. The summed E-state index contributed by atoms with van der Waals surface area (Å²) in [5.74, 6) is 1.25. The van der Waals surface area contributed by atoms with Gasteiger partial charge in [-0.1, -0.05) is 31.5 Å². The number of aliphatic hydroxyl groups excluding tert-OH is 1. The molecule has 0 radical (unpaired) electrons. The summed E-state index contributed by atoms with van der Waals surface area (Å²) >= 11 is 0. The van der Waals surface area contributed by atoms with Gasteiger partial charge in [-0.3, -0.25) is 0 Å². The largest absolute Gasteiger partial charge is 0.493 e. The molecule has 0 bridgehead atoms. The number of fused-ring (bicyclic) bond motifs is 1. The van der Waals surface area contributed by atoms with Crippen molar-refractivity contribution < 1.29 is 9.84 Å². The Morgan fingerprint density at radius 2 is 2.27 bits per heavy atom. The van der Waals surface area contributed by atoms with Gasteiger partial charge in [-0.15, -0.1) is 0 Å². The summed E-state index contributed by atoms with van der Waals surface area (Å²) in [5.41, 5.74) is 1.23. The summed E-state index contributed by atoms with van der Waals surface area (Å²) in [5, 5.41) is 9.92. The van der Waals surface area contributed by atoms with Crippen molar-refractivity contribution in [3.63, 3.8) is 0 Å². The smallest absolute Gasteiger partial charge is 0.122 e. The molecule has 0 spiro atoms. The first-order valence-electron chi connectivity index (χ1n) is 5.70. The molecular weight excluding hydrogens is 188 g/mol.